The summed E-state index contributed by atoms with van der Waals surface area (Å²) in [5.74, 6) is 0. The van der Waals surface area contributed by atoms with Gasteiger partial charge in [0.05, 0.1) is 5.52 Å². The first-order chi connectivity index (χ1) is 7.70. The number of fused-ring (bicyclic) bond motifs is 1. The number of hydrogen-bond acceptors (Lipinski definition) is 1. The molecule has 1 aromatic heterocycles. The molecule has 0 N–H and O–H groups in total. The van der Waals surface area contributed by atoms with E-state index in [0.29, 0.717) is 6.04 Å². The molecule has 0 bridgehead atoms. The van der Waals surface area contributed by atoms with Crippen molar-refractivity contribution in [2.75, 3.05) is 0 Å². The van der Waals surface area contributed by atoms with E-state index in [9.17, 15) is 4.79 Å². The number of carbonyl (C=O) groups is 1. The van der Waals surface area contributed by atoms with Crippen LogP contribution in [0.4, 0.5) is 0 Å². The van der Waals surface area contributed by atoms with Crippen molar-refractivity contribution in [3.05, 3.63) is 33.9 Å². The highest BCUT2D eigenvalue weighted by Gasteiger charge is 2.26. The molecule has 82 valence electrons. The predicted molar refractivity (Wildman–Crippen MR) is 68.0 cm³/mol. The third-order valence-corrected chi connectivity index (χ3v) is 3.64. The monoisotopic (exact) mass is 277 g/mol. The number of halogens is 1. The SMILES string of the molecule is Cc1cc(Br)cc2c(C=O)cn(C3CC3)c12. The normalized spacial score (nSPS) is 15.6. The van der Waals surface area contributed by atoms with Gasteiger partial charge in [-0.25, -0.2) is 0 Å². The standard InChI is InChI=1S/C13H12BrNO/c1-8-4-10(14)5-12-9(7-16)6-15(13(8)12)11-2-3-11/h4-7,11H,2-3H2,1H3. The van der Waals surface area contributed by atoms with E-state index in [1.807, 2.05) is 12.3 Å². The lowest BCUT2D eigenvalue weighted by Gasteiger charge is -2.05. The summed E-state index contributed by atoms with van der Waals surface area (Å²) in [6.45, 7) is 2.10. The molecule has 2 aromatic rings. The molecular formula is C13H12BrNO. The van der Waals surface area contributed by atoms with Crippen LogP contribution < -0.4 is 0 Å². The average molecular weight is 278 g/mol. The second-order valence-corrected chi connectivity index (χ2v) is 5.38. The van der Waals surface area contributed by atoms with Crippen LogP contribution in [0.2, 0.25) is 0 Å². The molecule has 0 atom stereocenters. The van der Waals surface area contributed by atoms with E-state index in [4.69, 9.17) is 0 Å². The Bertz CT molecular complexity index is 581. The van der Waals surface area contributed by atoms with Gasteiger partial charge in [-0.1, -0.05) is 15.9 Å². The van der Waals surface area contributed by atoms with E-state index in [0.717, 1.165) is 21.7 Å². The Morgan fingerprint density at radius 2 is 2.19 bits per heavy atom. The fourth-order valence-electron chi connectivity index (χ4n) is 2.32. The molecule has 0 radical (unpaired) electrons. The van der Waals surface area contributed by atoms with Gasteiger partial charge >= 0.3 is 0 Å². The summed E-state index contributed by atoms with van der Waals surface area (Å²) in [6.07, 6.45) is 5.41. The lowest BCUT2D eigenvalue weighted by atomic mass is 10.1. The second-order valence-electron chi connectivity index (χ2n) is 4.46. The van der Waals surface area contributed by atoms with Gasteiger partial charge in [-0.05, 0) is 37.5 Å². The van der Waals surface area contributed by atoms with E-state index in [-0.39, 0.29) is 0 Å². The number of hydrogen-bond donors (Lipinski definition) is 0. The fourth-order valence-corrected chi connectivity index (χ4v) is 2.89. The van der Waals surface area contributed by atoms with Crippen LogP contribution in [0.3, 0.4) is 0 Å². The van der Waals surface area contributed by atoms with Crippen molar-refractivity contribution in [2.24, 2.45) is 0 Å². The van der Waals surface area contributed by atoms with E-state index in [2.05, 4.69) is 33.5 Å². The molecule has 0 aliphatic heterocycles. The van der Waals surface area contributed by atoms with Crippen LogP contribution in [0.5, 0.6) is 0 Å². The van der Waals surface area contributed by atoms with E-state index >= 15 is 0 Å². The number of nitrogens with zero attached hydrogens (tertiary/aromatic N) is 1. The summed E-state index contributed by atoms with van der Waals surface area (Å²) in [5, 5.41) is 1.06. The molecule has 2 nitrogen and oxygen atoms in total. The average Bonchev–Trinajstić information content (AvgIpc) is 3.00. The van der Waals surface area contributed by atoms with Crippen molar-refractivity contribution in [1.29, 1.82) is 0 Å². The van der Waals surface area contributed by atoms with Crippen LogP contribution in [0.25, 0.3) is 10.9 Å². The van der Waals surface area contributed by atoms with E-state index < -0.39 is 0 Å². The minimum Gasteiger partial charge on any atom is -0.343 e. The van der Waals surface area contributed by atoms with Gasteiger partial charge in [-0.2, -0.15) is 0 Å². The first-order valence-corrected chi connectivity index (χ1v) is 6.26. The number of carbonyl (C=O) groups excluding carboxylic acids is 1. The Morgan fingerprint density at radius 1 is 1.44 bits per heavy atom. The fraction of sp³-hybridized carbons (Fsp3) is 0.308. The summed E-state index contributed by atoms with van der Waals surface area (Å²) < 4.78 is 3.30. The first kappa shape index (κ1) is 10.1. The van der Waals surface area contributed by atoms with Gasteiger partial charge in [0.2, 0.25) is 0 Å². The molecule has 0 spiro atoms. The van der Waals surface area contributed by atoms with Gasteiger partial charge in [-0.15, -0.1) is 0 Å². The molecule has 1 fully saturated rings. The molecule has 16 heavy (non-hydrogen) atoms. The summed E-state index contributed by atoms with van der Waals surface area (Å²) in [4.78, 5) is 11.1. The van der Waals surface area contributed by atoms with Gasteiger partial charge in [0.15, 0.2) is 6.29 Å². The largest absolute Gasteiger partial charge is 0.343 e. The van der Waals surface area contributed by atoms with Gasteiger partial charge in [0, 0.05) is 27.7 Å². The topological polar surface area (TPSA) is 22.0 Å². The van der Waals surface area contributed by atoms with Crippen LogP contribution >= 0.6 is 15.9 Å². The minimum absolute atomic E-state index is 0.607. The van der Waals surface area contributed by atoms with Gasteiger partial charge < -0.3 is 4.57 Å². The number of benzene rings is 1. The zero-order valence-electron chi connectivity index (χ0n) is 9.03. The number of aromatic nitrogens is 1. The molecule has 1 aliphatic carbocycles. The first-order valence-electron chi connectivity index (χ1n) is 5.46. The summed E-state index contributed by atoms with van der Waals surface area (Å²) in [6, 6.07) is 4.75. The highest BCUT2D eigenvalue weighted by Crippen LogP contribution is 2.40. The lowest BCUT2D eigenvalue weighted by molar-refractivity contribution is 0.112. The second kappa shape index (κ2) is 3.45. The molecule has 1 aromatic carbocycles. The zero-order chi connectivity index (χ0) is 11.3. The zero-order valence-corrected chi connectivity index (χ0v) is 10.6. The van der Waals surface area contributed by atoms with Crippen molar-refractivity contribution < 1.29 is 4.79 Å². The van der Waals surface area contributed by atoms with Crippen LogP contribution in [-0.2, 0) is 0 Å². The third kappa shape index (κ3) is 1.42. The maximum Gasteiger partial charge on any atom is 0.152 e. The Labute approximate surface area is 102 Å². The minimum atomic E-state index is 0.607. The van der Waals surface area contributed by atoms with E-state index in [1.54, 1.807) is 0 Å². The molecule has 0 saturated heterocycles. The van der Waals surface area contributed by atoms with Crippen molar-refractivity contribution in [2.45, 2.75) is 25.8 Å². The molecule has 3 heteroatoms. The molecule has 0 amide bonds. The quantitative estimate of drug-likeness (QED) is 0.764. The Balaban J connectivity index is 2.39. The Hall–Kier alpha value is -1.09. The maximum absolute atomic E-state index is 11.1. The molecule has 1 saturated carbocycles. The summed E-state index contributed by atoms with van der Waals surface area (Å²) in [5.41, 5.74) is 3.24. The Kier molecular flexibility index (Phi) is 2.18. The van der Waals surface area contributed by atoms with Gasteiger partial charge in [-0.3, -0.25) is 4.79 Å². The smallest absolute Gasteiger partial charge is 0.152 e. The van der Waals surface area contributed by atoms with Crippen molar-refractivity contribution in [3.8, 4) is 0 Å². The molecule has 0 unspecified atom stereocenters. The third-order valence-electron chi connectivity index (χ3n) is 3.18. The highest BCUT2D eigenvalue weighted by atomic mass is 79.9. The van der Waals surface area contributed by atoms with Crippen LogP contribution in [0.15, 0.2) is 22.8 Å². The van der Waals surface area contributed by atoms with Crippen LogP contribution in [0.1, 0.15) is 34.8 Å². The summed E-state index contributed by atoms with van der Waals surface area (Å²) >= 11 is 3.48. The maximum atomic E-state index is 11.1. The van der Waals surface area contributed by atoms with Crippen molar-refractivity contribution in [1.82, 2.24) is 4.57 Å². The van der Waals surface area contributed by atoms with E-state index in [1.165, 1.54) is 23.9 Å². The number of aldehydes is 1. The van der Waals surface area contributed by atoms with Crippen molar-refractivity contribution in [3.63, 3.8) is 0 Å². The predicted octanol–water partition coefficient (Wildman–Crippen LogP) is 3.86. The van der Waals surface area contributed by atoms with Crippen LogP contribution in [0, 0.1) is 6.92 Å². The van der Waals surface area contributed by atoms with Crippen molar-refractivity contribution >= 4 is 33.1 Å². The number of rotatable bonds is 2. The lowest BCUT2D eigenvalue weighted by Crippen LogP contribution is -1.92. The highest BCUT2D eigenvalue weighted by molar-refractivity contribution is 9.10. The van der Waals surface area contributed by atoms with Crippen LogP contribution in [-0.4, -0.2) is 10.9 Å². The van der Waals surface area contributed by atoms with Gasteiger partial charge in [0.1, 0.15) is 0 Å². The molecule has 3 rings (SSSR count). The Morgan fingerprint density at radius 3 is 2.81 bits per heavy atom. The number of aryl methyl sites for hydroxylation is 1. The molecule has 1 heterocycles. The molecular weight excluding hydrogens is 266 g/mol. The molecule has 1 aliphatic rings. The summed E-state index contributed by atoms with van der Waals surface area (Å²) in [7, 11) is 0. The van der Waals surface area contributed by atoms with Gasteiger partial charge in [0.25, 0.3) is 0 Å².